The number of aliphatic hydroxyl groups is 1. The van der Waals surface area contributed by atoms with Crippen molar-refractivity contribution in [1.82, 2.24) is 15.1 Å². The summed E-state index contributed by atoms with van der Waals surface area (Å²) in [6, 6.07) is 0.374. The van der Waals surface area contributed by atoms with E-state index in [2.05, 4.69) is 24.3 Å². The monoisotopic (exact) mass is 259 g/mol. The number of hydrogen-bond donors (Lipinski definition) is 2. The predicted molar refractivity (Wildman–Crippen MR) is 70.3 cm³/mol. The maximum absolute atomic E-state index is 8.77. The third kappa shape index (κ3) is 3.98. The first-order chi connectivity index (χ1) is 8.10. The lowest BCUT2D eigenvalue weighted by atomic mass is 10.2. The standard InChI is InChI=1S/C12H22ClN3O/c1-4-16-11(12(13)10(3)15-16)8-14-9(2)6-5-7-17/h9,14,17H,4-8H2,1-3H3. The minimum Gasteiger partial charge on any atom is -0.396 e. The fourth-order valence-corrected chi connectivity index (χ4v) is 2.01. The van der Waals surface area contributed by atoms with Gasteiger partial charge in [-0.25, -0.2) is 0 Å². The van der Waals surface area contributed by atoms with Gasteiger partial charge in [-0.05, 0) is 33.6 Å². The van der Waals surface area contributed by atoms with Gasteiger partial charge < -0.3 is 10.4 Å². The smallest absolute Gasteiger partial charge is 0.0860 e. The first-order valence-corrected chi connectivity index (χ1v) is 6.54. The lowest BCUT2D eigenvalue weighted by Crippen LogP contribution is -2.27. The van der Waals surface area contributed by atoms with E-state index in [-0.39, 0.29) is 6.61 Å². The number of aryl methyl sites for hydroxylation is 2. The minimum absolute atomic E-state index is 0.249. The Labute approximate surface area is 108 Å². The molecular formula is C12H22ClN3O. The van der Waals surface area contributed by atoms with Crippen molar-refractivity contribution in [2.75, 3.05) is 6.61 Å². The Hall–Kier alpha value is -0.580. The highest BCUT2D eigenvalue weighted by atomic mass is 35.5. The van der Waals surface area contributed by atoms with Crippen LogP contribution < -0.4 is 5.32 Å². The molecule has 0 aliphatic carbocycles. The summed E-state index contributed by atoms with van der Waals surface area (Å²) in [4.78, 5) is 0. The van der Waals surface area contributed by atoms with Gasteiger partial charge in [-0.3, -0.25) is 4.68 Å². The molecule has 0 saturated carbocycles. The second kappa shape index (κ2) is 6.99. The van der Waals surface area contributed by atoms with E-state index < -0.39 is 0 Å². The maximum atomic E-state index is 8.77. The lowest BCUT2D eigenvalue weighted by Gasteiger charge is -2.14. The molecule has 1 atom stereocenters. The molecule has 0 spiro atoms. The summed E-state index contributed by atoms with van der Waals surface area (Å²) in [6.07, 6.45) is 1.79. The molecule has 1 rings (SSSR count). The van der Waals surface area contributed by atoms with E-state index in [0.717, 1.165) is 42.3 Å². The number of nitrogens with one attached hydrogen (secondary N) is 1. The molecule has 4 nitrogen and oxygen atoms in total. The van der Waals surface area contributed by atoms with Crippen molar-refractivity contribution < 1.29 is 5.11 Å². The van der Waals surface area contributed by atoms with Crippen LogP contribution in [0.25, 0.3) is 0 Å². The number of aromatic nitrogens is 2. The van der Waals surface area contributed by atoms with Crippen LogP contribution in [0.15, 0.2) is 0 Å². The largest absolute Gasteiger partial charge is 0.396 e. The van der Waals surface area contributed by atoms with E-state index in [0.29, 0.717) is 6.04 Å². The molecule has 2 N–H and O–H groups in total. The quantitative estimate of drug-likeness (QED) is 0.789. The molecule has 1 heterocycles. The van der Waals surface area contributed by atoms with Gasteiger partial charge in [0, 0.05) is 25.7 Å². The summed E-state index contributed by atoms with van der Waals surface area (Å²) in [7, 11) is 0. The summed E-state index contributed by atoms with van der Waals surface area (Å²) in [6.45, 7) is 7.90. The summed E-state index contributed by atoms with van der Waals surface area (Å²) in [5, 5.41) is 17.3. The Kier molecular flexibility index (Phi) is 5.95. The number of rotatable bonds is 7. The van der Waals surface area contributed by atoms with Crippen LogP contribution in [0.5, 0.6) is 0 Å². The zero-order valence-corrected chi connectivity index (χ0v) is 11.6. The van der Waals surface area contributed by atoms with Gasteiger partial charge in [-0.1, -0.05) is 11.6 Å². The molecule has 0 fully saturated rings. The Bertz CT molecular complexity index is 352. The predicted octanol–water partition coefficient (Wildman–Crippen LogP) is 2.12. The summed E-state index contributed by atoms with van der Waals surface area (Å²) in [5.74, 6) is 0. The lowest BCUT2D eigenvalue weighted by molar-refractivity contribution is 0.276. The molecular weight excluding hydrogens is 238 g/mol. The van der Waals surface area contributed by atoms with Crippen molar-refractivity contribution in [2.45, 2.75) is 52.7 Å². The Morgan fingerprint density at radius 3 is 2.82 bits per heavy atom. The van der Waals surface area contributed by atoms with Gasteiger partial charge >= 0.3 is 0 Å². The van der Waals surface area contributed by atoms with E-state index in [9.17, 15) is 0 Å². The van der Waals surface area contributed by atoms with E-state index in [4.69, 9.17) is 16.7 Å². The van der Waals surface area contributed by atoms with Crippen LogP contribution in [-0.2, 0) is 13.1 Å². The normalized spacial score (nSPS) is 13.0. The van der Waals surface area contributed by atoms with Gasteiger partial charge in [0.2, 0.25) is 0 Å². The van der Waals surface area contributed by atoms with Crippen molar-refractivity contribution in [2.24, 2.45) is 0 Å². The van der Waals surface area contributed by atoms with Crippen molar-refractivity contribution in [3.05, 3.63) is 16.4 Å². The SMILES string of the molecule is CCn1nc(C)c(Cl)c1CNC(C)CCCO. The number of aliphatic hydroxyl groups excluding tert-OH is 1. The van der Waals surface area contributed by atoms with Gasteiger partial charge in [0.05, 0.1) is 16.4 Å². The van der Waals surface area contributed by atoms with Gasteiger partial charge in [0.1, 0.15) is 0 Å². The summed E-state index contributed by atoms with van der Waals surface area (Å²) >= 11 is 6.22. The van der Waals surface area contributed by atoms with Gasteiger partial charge in [-0.2, -0.15) is 5.10 Å². The average Bonchev–Trinajstić information content (AvgIpc) is 2.60. The van der Waals surface area contributed by atoms with Crippen LogP contribution >= 0.6 is 11.6 Å². The van der Waals surface area contributed by atoms with Crippen molar-refractivity contribution in [1.29, 1.82) is 0 Å². The molecule has 1 unspecified atom stereocenters. The average molecular weight is 260 g/mol. The van der Waals surface area contributed by atoms with Crippen LogP contribution in [-0.4, -0.2) is 27.5 Å². The first kappa shape index (κ1) is 14.5. The van der Waals surface area contributed by atoms with Crippen LogP contribution in [0.2, 0.25) is 5.02 Å². The van der Waals surface area contributed by atoms with Crippen molar-refractivity contribution in [3.8, 4) is 0 Å². The Morgan fingerprint density at radius 2 is 2.24 bits per heavy atom. The number of hydrogen-bond acceptors (Lipinski definition) is 3. The molecule has 1 aromatic rings. The third-order valence-corrected chi connectivity index (χ3v) is 3.36. The van der Waals surface area contributed by atoms with E-state index in [1.165, 1.54) is 0 Å². The van der Waals surface area contributed by atoms with Crippen LogP contribution in [0.3, 0.4) is 0 Å². The number of halogens is 1. The van der Waals surface area contributed by atoms with Crippen molar-refractivity contribution in [3.63, 3.8) is 0 Å². The maximum Gasteiger partial charge on any atom is 0.0860 e. The zero-order chi connectivity index (χ0) is 12.8. The fourth-order valence-electron chi connectivity index (χ4n) is 1.81. The van der Waals surface area contributed by atoms with E-state index in [1.807, 2.05) is 11.6 Å². The van der Waals surface area contributed by atoms with Crippen LogP contribution in [0, 0.1) is 6.92 Å². The highest BCUT2D eigenvalue weighted by molar-refractivity contribution is 6.31. The molecule has 0 aliphatic rings. The van der Waals surface area contributed by atoms with E-state index in [1.54, 1.807) is 0 Å². The van der Waals surface area contributed by atoms with Gasteiger partial charge in [-0.15, -0.1) is 0 Å². The van der Waals surface area contributed by atoms with Gasteiger partial charge in [0.15, 0.2) is 0 Å². The molecule has 0 aliphatic heterocycles. The third-order valence-electron chi connectivity index (χ3n) is 2.87. The minimum atomic E-state index is 0.249. The van der Waals surface area contributed by atoms with E-state index >= 15 is 0 Å². The molecule has 1 aromatic heterocycles. The molecule has 0 aromatic carbocycles. The zero-order valence-electron chi connectivity index (χ0n) is 10.8. The molecule has 0 amide bonds. The Morgan fingerprint density at radius 1 is 1.53 bits per heavy atom. The van der Waals surface area contributed by atoms with Crippen molar-refractivity contribution >= 4 is 11.6 Å². The summed E-state index contributed by atoms with van der Waals surface area (Å²) < 4.78 is 1.93. The molecule has 0 radical (unpaired) electrons. The fraction of sp³-hybridized carbons (Fsp3) is 0.750. The molecule has 5 heteroatoms. The first-order valence-electron chi connectivity index (χ1n) is 6.16. The highest BCUT2D eigenvalue weighted by Gasteiger charge is 2.12. The van der Waals surface area contributed by atoms with Gasteiger partial charge in [0.25, 0.3) is 0 Å². The molecule has 0 saturated heterocycles. The Balaban J connectivity index is 2.56. The second-order valence-corrected chi connectivity index (χ2v) is 4.69. The molecule has 98 valence electrons. The topological polar surface area (TPSA) is 50.1 Å². The molecule has 0 bridgehead atoms. The number of nitrogens with zero attached hydrogens (tertiary/aromatic N) is 2. The van der Waals surface area contributed by atoms with Crippen LogP contribution in [0.4, 0.5) is 0 Å². The highest BCUT2D eigenvalue weighted by Crippen LogP contribution is 2.20. The van der Waals surface area contributed by atoms with Crippen LogP contribution in [0.1, 0.15) is 38.1 Å². The molecule has 17 heavy (non-hydrogen) atoms. The second-order valence-electron chi connectivity index (χ2n) is 4.31. The summed E-state index contributed by atoms with van der Waals surface area (Å²) in [5.41, 5.74) is 1.93.